The lowest BCUT2D eigenvalue weighted by Gasteiger charge is -2.31. The average molecular weight is 469 g/mol. The Morgan fingerprint density at radius 3 is 2.48 bits per heavy atom. The molecule has 0 radical (unpaired) electrons. The molecule has 0 N–H and O–H groups in total. The third kappa shape index (κ3) is 5.15. The van der Waals surface area contributed by atoms with Crippen molar-refractivity contribution in [1.29, 1.82) is 0 Å². The van der Waals surface area contributed by atoms with Crippen molar-refractivity contribution >= 4 is 29.0 Å². The number of hydrogen-bond acceptors (Lipinski definition) is 10. The van der Waals surface area contributed by atoms with Gasteiger partial charge < -0.3 is 29.4 Å². The van der Waals surface area contributed by atoms with Gasteiger partial charge >= 0.3 is 5.82 Å². The maximum absolute atomic E-state index is 11.1. The molecule has 1 fully saturated rings. The van der Waals surface area contributed by atoms with Crippen LogP contribution in [0.1, 0.15) is 0 Å². The molecule has 33 heavy (non-hydrogen) atoms. The second-order valence-corrected chi connectivity index (χ2v) is 8.52. The van der Waals surface area contributed by atoms with Crippen LogP contribution in [0, 0.1) is 10.1 Å². The van der Waals surface area contributed by atoms with E-state index in [1.165, 1.54) is 18.0 Å². The van der Waals surface area contributed by atoms with Gasteiger partial charge in [0, 0.05) is 44.5 Å². The number of ether oxygens (including phenoxy) is 2. The highest BCUT2D eigenvalue weighted by Crippen LogP contribution is 2.41. The largest absolute Gasteiger partial charge is 0.494 e. The molecule has 0 unspecified atom stereocenters. The van der Waals surface area contributed by atoms with E-state index >= 15 is 0 Å². The Morgan fingerprint density at radius 2 is 1.85 bits per heavy atom. The molecule has 172 valence electrons. The summed E-state index contributed by atoms with van der Waals surface area (Å²) < 4.78 is 11.3. The van der Waals surface area contributed by atoms with E-state index < -0.39 is 4.92 Å². The Labute approximate surface area is 195 Å². The fourth-order valence-corrected chi connectivity index (χ4v) is 4.26. The molecule has 1 aromatic carbocycles. The molecule has 4 rings (SSSR count). The molecule has 10 nitrogen and oxygen atoms in total. The predicted octanol–water partition coefficient (Wildman–Crippen LogP) is 3.51. The molecule has 11 heteroatoms. The second-order valence-electron chi connectivity index (χ2n) is 7.48. The number of rotatable bonds is 7. The van der Waals surface area contributed by atoms with E-state index in [0.29, 0.717) is 29.0 Å². The van der Waals surface area contributed by atoms with Crippen molar-refractivity contribution in [2.75, 3.05) is 57.3 Å². The van der Waals surface area contributed by atoms with Crippen LogP contribution in [0.4, 0.5) is 17.2 Å². The van der Waals surface area contributed by atoms with E-state index in [1.54, 1.807) is 7.11 Å². The minimum Gasteiger partial charge on any atom is -0.494 e. The molecule has 0 bridgehead atoms. The molecule has 3 heterocycles. The molecule has 1 aliphatic heterocycles. The number of nitrogens with zero attached hydrogens (tertiary/aromatic N) is 6. The Bertz CT molecular complexity index is 1140. The topological polar surface area (TPSA) is 107 Å². The Kier molecular flexibility index (Phi) is 6.90. The number of morpholine rings is 1. The molecular weight excluding hydrogens is 444 g/mol. The van der Waals surface area contributed by atoms with Crippen LogP contribution < -0.4 is 14.5 Å². The van der Waals surface area contributed by atoms with Gasteiger partial charge in [-0.05, 0) is 33.8 Å². The van der Waals surface area contributed by atoms with Crippen LogP contribution in [-0.2, 0) is 4.74 Å². The standard InChI is InChI=1S/C22H24N6O4S/c1-26(2)16-6-4-15(5-7-16)21-22(27-8-10-32-11-9-27)17(31-3)12-19(25-21)33-20-14-23-13-18(24-20)28(29)30/h4-7,12-14H,8-11H2,1-3H3. The Morgan fingerprint density at radius 1 is 1.12 bits per heavy atom. The summed E-state index contributed by atoms with van der Waals surface area (Å²) in [6.45, 7) is 2.71. The third-order valence-electron chi connectivity index (χ3n) is 5.13. The van der Waals surface area contributed by atoms with Gasteiger partial charge in [-0.2, -0.15) is 0 Å². The summed E-state index contributed by atoms with van der Waals surface area (Å²) in [5.74, 6) is 0.357. The van der Waals surface area contributed by atoms with Crippen molar-refractivity contribution in [3.8, 4) is 17.0 Å². The molecule has 1 saturated heterocycles. The van der Waals surface area contributed by atoms with E-state index in [9.17, 15) is 10.1 Å². The molecule has 0 saturated carbocycles. The van der Waals surface area contributed by atoms with Crippen LogP contribution in [0.25, 0.3) is 11.3 Å². The number of pyridine rings is 1. The van der Waals surface area contributed by atoms with E-state index in [2.05, 4.69) is 14.9 Å². The Balaban J connectivity index is 1.80. The van der Waals surface area contributed by atoms with Crippen LogP contribution >= 0.6 is 11.8 Å². The van der Waals surface area contributed by atoms with Crippen LogP contribution in [-0.4, -0.2) is 67.4 Å². The van der Waals surface area contributed by atoms with Gasteiger partial charge in [0.15, 0.2) is 0 Å². The first-order valence-electron chi connectivity index (χ1n) is 10.3. The van der Waals surface area contributed by atoms with Gasteiger partial charge in [0.05, 0.1) is 32.2 Å². The average Bonchev–Trinajstić information content (AvgIpc) is 2.84. The lowest BCUT2D eigenvalue weighted by Crippen LogP contribution is -2.37. The molecule has 0 aliphatic carbocycles. The smallest absolute Gasteiger partial charge is 0.383 e. The number of anilines is 2. The van der Waals surface area contributed by atoms with E-state index in [4.69, 9.17) is 14.5 Å². The van der Waals surface area contributed by atoms with Crippen molar-refractivity contribution in [3.05, 3.63) is 52.8 Å². The first kappa shape index (κ1) is 22.7. The molecule has 0 spiro atoms. The van der Waals surface area contributed by atoms with Gasteiger partial charge in [-0.1, -0.05) is 12.1 Å². The van der Waals surface area contributed by atoms with Gasteiger partial charge in [0.25, 0.3) is 0 Å². The summed E-state index contributed by atoms with van der Waals surface area (Å²) in [5, 5.41) is 12.1. The number of methoxy groups -OCH3 is 1. The Hall–Kier alpha value is -3.44. The van der Waals surface area contributed by atoms with Gasteiger partial charge in [-0.3, -0.25) is 4.98 Å². The van der Waals surface area contributed by atoms with Gasteiger partial charge in [0.1, 0.15) is 22.7 Å². The van der Waals surface area contributed by atoms with Crippen LogP contribution in [0.3, 0.4) is 0 Å². The number of aromatic nitrogens is 3. The fourth-order valence-electron chi connectivity index (χ4n) is 3.49. The van der Waals surface area contributed by atoms with Crippen LogP contribution in [0.15, 0.2) is 52.8 Å². The summed E-state index contributed by atoms with van der Waals surface area (Å²) in [6.07, 6.45) is 2.60. The fraction of sp³-hybridized carbons (Fsp3) is 0.318. The summed E-state index contributed by atoms with van der Waals surface area (Å²) in [6, 6.07) is 9.97. The molecular formula is C22H24N6O4S. The van der Waals surface area contributed by atoms with Crippen molar-refractivity contribution in [1.82, 2.24) is 15.0 Å². The van der Waals surface area contributed by atoms with E-state index in [0.717, 1.165) is 41.9 Å². The monoisotopic (exact) mass is 468 g/mol. The van der Waals surface area contributed by atoms with Gasteiger partial charge in [0.2, 0.25) is 5.03 Å². The maximum Gasteiger partial charge on any atom is 0.383 e. The zero-order valence-electron chi connectivity index (χ0n) is 18.6. The van der Waals surface area contributed by atoms with E-state index in [-0.39, 0.29) is 5.82 Å². The first-order valence-corrected chi connectivity index (χ1v) is 11.1. The van der Waals surface area contributed by atoms with Crippen molar-refractivity contribution in [2.45, 2.75) is 10.1 Å². The minimum absolute atomic E-state index is 0.309. The summed E-state index contributed by atoms with van der Waals surface area (Å²) >= 11 is 1.20. The summed E-state index contributed by atoms with van der Waals surface area (Å²) in [5.41, 5.74) is 3.68. The maximum atomic E-state index is 11.1. The second kappa shape index (κ2) is 10.0. The predicted molar refractivity (Wildman–Crippen MR) is 126 cm³/mol. The van der Waals surface area contributed by atoms with E-state index in [1.807, 2.05) is 49.3 Å². The number of hydrogen-bond donors (Lipinski definition) is 0. The minimum atomic E-state index is -0.565. The van der Waals surface area contributed by atoms with Crippen LogP contribution in [0.5, 0.6) is 5.75 Å². The molecule has 3 aromatic rings. The zero-order chi connectivity index (χ0) is 23.4. The van der Waals surface area contributed by atoms with Crippen LogP contribution in [0.2, 0.25) is 0 Å². The highest BCUT2D eigenvalue weighted by molar-refractivity contribution is 7.99. The van der Waals surface area contributed by atoms with Gasteiger partial charge in [-0.25, -0.2) is 4.98 Å². The molecule has 2 aromatic heterocycles. The van der Waals surface area contributed by atoms with Crippen molar-refractivity contribution < 1.29 is 14.4 Å². The lowest BCUT2D eigenvalue weighted by atomic mass is 10.1. The summed E-state index contributed by atoms with van der Waals surface area (Å²) in [4.78, 5) is 27.7. The van der Waals surface area contributed by atoms with Crippen molar-refractivity contribution in [2.24, 2.45) is 0 Å². The summed E-state index contributed by atoms with van der Waals surface area (Å²) in [7, 11) is 5.61. The highest BCUT2D eigenvalue weighted by Gasteiger charge is 2.24. The number of nitro groups is 1. The van der Waals surface area contributed by atoms with Crippen molar-refractivity contribution in [3.63, 3.8) is 0 Å². The highest BCUT2D eigenvalue weighted by atomic mass is 32.2. The normalized spacial score (nSPS) is 13.6. The molecule has 0 amide bonds. The third-order valence-corrected chi connectivity index (χ3v) is 5.96. The quantitative estimate of drug-likeness (QED) is 0.378. The molecule has 0 atom stereocenters. The van der Waals surface area contributed by atoms with Gasteiger partial charge in [-0.15, -0.1) is 0 Å². The number of benzene rings is 1. The lowest BCUT2D eigenvalue weighted by molar-refractivity contribution is -0.390. The molecule has 1 aliphatic rings. The first-order chi connectivity index (χ1) is 16.0. The SMILES string of the molecule is COc1cc(Sc2cncc([N+](=O)[O-])n2)nc(-c2ccc(N(C)C)cc2)c1N1CCOCC1. The zero-order valence-corrected chi connectivity index (χ0v) is 19.4.